The third-order valence-electron chi connectivity index (χ3n) is 6.65. The summed E-state index contributed by atoms with van der Waals surface area (Å²) in [7, 11) is 0. The van der Waals surface area contributed by atoms with Gasteiger partial charge in [0.1, 0.15) is 30.3 Å². The van der Waals surface area contributed by atoms with E-state index in [1.165, 1.54) is 12.1 Å². The molecule has 2 heterocycles. The summed E-state index contributed by atoms with van der Waals surface area (Å²) in [6.07, 6.45) is 0.690. The van der Waals surface area contributed by atoms with E-state index in [2.05, 4.69) is 10.6 Å². The van der Waals surface area contributed by atoms with Crippen molar-refractivity contribution < 1.29 is 28.6 Å². The van der Waals surface area contributed by atoms with Gasteiger partial charge in [-0.2, -0.15) is 0 Å². The Morgan fingerprint density at radius 3 is 2.67 bits per heavy atom. The lowest BCUT2D eigenvalue weighted by Crippen LogP contribution is -2.61. The first kappa shape index (κ1) is 25.6. The molecule has 3 amide bonds. The van der Waals surface area contributed by atoms with Crippen molar-refractivity contribution in [3.05, 3.63) is 65.5 Å². The van der Waals surface area contributed by atoms with E-state index in [9.17, 15) is 18.8 Å². The predicted octanol–water partition coefficient (Wildman–Crippen LogP) is 2.32. The molecular formula is C27H32FN3O5. The summed E-state index contributed by atoms with van der Waals surface area (Å²) in [5.41, 5.74) is 1.42. The lowest BCUT2D eigenvalue weighted by atomic mass is 9.92. The van der Waals surface area contributed by atoms with Crippen molar-refractivity contribution in [3.63, 3.8) is 0 Å². The molecule has 0 radical (unpaired) electrons. The molecule has 0 unspecified atom stereocenters. The van der Waals surface area contributed by atoms with Gasteiger partial charge in [0.25, 0.3) is 0 Å². The zero-order valence-electron chi connectivity index (χ0n) is 20.4. The molecular weight excluding hydrogens is 465 g/mol. The molecule has 0 aliphatic carbocycles. The van der Waals surface area contributed by atoms with Gasteiger partial charge in [-0.25, -0.2) is 4.39 Å². The van der Waals surface area contributed by atoms with Crippen LogP contribution in [0.25, 0.3) is 0 Å². The summed E-state index contributed by atoms with van der Waals surface area (Å²) in [4.78, 5) is 41.6. The van der Waals surface area contributed by atoms with Gasteiger partial charge in [0.15, 0.2) is 0 Å². The van der Waals surface area contributed by atoms with E-state index in [4.69, 9.17) is 9.84 Å². The zero-order valence-corrected chi connectivity index (χ0v) is 20.4. The molecule has 192 valence electrons. The molecule has 0 aromatic heterocycles. The summed E-state index contributed by atoms with van der Waals surface area (Å²) in [6.45, 7) is 4.13. The second kappa shape index (κ2) is 11.1. The number of aliphatic hydroxyl groups is 1. The molecule has 9 heteroatoms. The highest BCUT2D eigenvalue weighted by Gasteiger charge is 2.54. The number of amides is 3. The Hall–Kier alpha value is -3.46. The van der Waals surface area contributed by atoms with Gasteiger partial charge in [0.2, 0.25) is 17.7 Å². The molecule has 2 aliphatic rings. The highest BCUT2D eigenvalue weighted by Crippen LogP contribution is 2.44. The van der Waals surface area contributed by atoms with Gasteiger partial charge in [0, 0.05) is 6.54 Å². The number of piperazine rings is 1. The molecule has 0 spiro atoms. The van der Waals surface area contributed by atoms with Crippen LogP contribution in [0, 0.1) is 17.7 Å². The molecule has 36 heavy (non-hydrogen) atoms. The first-order valence-electron chi connectivity index (χ1n) is 12.3. The molecule has 2 fully saturated rings. The Kier molecular flexibility index (Phi) is 7.88. The average Bonchev–Trinajstić information content (AvgIpc) is 3.27. The van der Waals surface area contributed by atoms with E-state index in [1.807, 2.05) is 19.9 Å². The number of carbonyl (C=O) groups is 3. The number of nitrogens with zero attached hydrogens (tertiary/aromatic N) is 1. The highest BCUT2D eigenvalue weighted by atomic mass is 19.1. The van der Waals surface area contributed by atoms with Gasteiger partial charge in [-0.05, 0) is 54.2 Å². The quantitative estimate of drug-likeness (QED) is 0.493. The summed E-state index contributed by atoms with van der Waals surface area (Å²) in [5.74, 6) is -1.08. The minimum Gasteiger partial charge on any atom is -0.491 e. The molecule has 2 aromatic carbocycles. The minimum absolute atomic E-state index is 0.111. The lowest BCUT2D eigenvalue weighted by molar-refractivity contribution is -0.150. The average molecular weight is 498 g/mol. The SMILES string of the molecule is CC(C)C[C@@H]1NC(=O)[C@@H]2C[C@H](C(=O)NCc3ccc(F)cc3)[C@H](c3cccc(OCCO)c3)N2C1=O. The second-order valence-corrected chi connectivity index (χ2v) is 9.73. The Labute approximate surface area is 209 Å². The number of aliphatic hydroxyl groups excluding tert-OH is 1. The molecule has 0 bridgehead atoms. The molecule has 4 rings (SSSR count). The molecule has 0 saturated carbocycles. The van der Waals surface area contributed by atoms with Gasteiger partial charge >= 0.3 is 0 Å². The van der Waals surface area contributed by atoms with Crippen molar-refractivity contribution in [1.29, 1.82) is 0 Å². The fourth-order valence-electron chi connectivity index (χ4n) is 5.05. The smallest absolute Gasteiger partial charge is 0.246 e. The van der Waals surface area contributed by atoms with Crippen molar-refractivity contribution >= 4 is 17.7 Å². The maximum Gasteiger partial charge on any atom is 0.246 e. The van der Waals surface area contributed by atoms with E-state index in [1.54, 1.807) is 35.2 Å². The number of ether oxygens (including phenoxy) is 1. The number of rotatable bonds is 9. The van der Waals surface area contributed by atoms with E-state index < -0.39 is 24.0 Å². The number of fused-ring (bicyclic) bond motifs is 1. The van der Waals surface area contributed by atoms with Crippen LogP contribution >= 0.6 is 0 Å². The van der Waals surface area contributed by atoms with Gasteiger partial charge in [0.05, 0.1) is 18.6 Å². The fourth-order valence-corrected chi connectivity index (χ4v) is 5.05. The zero-order chi connectivity index (χ0) is 25.8. The van der Waals surface area contributed by atoms with Crippen LogP contribution in [-0.4, -0.2) is 53.0 Å². The lowest BCUT2D eigenvalue weighted by Gasteiger charge is -2.39. The van der Waals surface area contributed by atoms with Crippen LogP contribution in [0.5, 0.6) is 5.75 Å². The standard InChI is InChI=1S/C27H32FN3O5/c1-16(2)12-22-27(35)31-23(26(34)30-22)14-21(25(33)29-15-17-6-8-19(28)9-7-17)24(31)18-4-3-5-20(13-18)36-11-10-32/h3-9,13,16,21-24,32H,10-12,14-15H2,1-2H3,(H,29,33)(H,30,34)/t21-,22-,23-,24-/m0/s1. The second-order valence-electron chi connectivity index (χ2n) is 9.73. The normalized spacial score (nSPS) is 23.4. The predicted molar refractivity (Wildman–Crippen MR) is 130 cm³/mol. The van der Waals surface area contributed by atoms with Crippen LogP contribution in [0.2, 0.25) is 0 Å². The topological polar surface area (TPSA) is 108 Å². The summed E-state index contributed by atoms with van der Waals surface area (Å²) >= 11 is 0. The number of carbonyl (C=O) groups excluding carboxylic acids is 3. The van der Waals surface area contributed by atoms with Crippen LogP contribution < -0.4 is 15.4 Å². The maximum absolute atomic E-state index is 13.6. The van der Waals surface area contributed by atoms with Gasteiger partial charge in [-0.15, -0.1) is 0 Å². The van der Waals surface area contributed by atoms with Gasteiger partial charge < -0.3 is 25.4 Å². The first-order chi connectivity index (χ1) is 17.3. The van der Waals surface area contributed by atoms with Crippen LogP contribution in [-0.2, 0) is 20.9 Å². The molecule has 3 N–H and O–H groups in total. The highest BCUT2D eigenvalue weighted by molar-refractivity contribution is 5.99. The number of halogens is 1. The number of hydrogen-bond acceptors (Lipinski definition) is 5. The fraction of sp³-hybridized carbons (Fsp3) is 0.444. The molecule has 8 nitrogen and oxygen atoms in total. The Bertz CT molecular complexity index is 1110. The number of hydrogen-bond donors (Lipinski definition) is 3. The molecule has 2 aromatic rings. The van der Waals surface area contributed by atoms with Crippen LogP contribution in [0.3, 0.4) is 0 Å². The van der Waals surface area contributed by atoms with E-state index >= 15 is 0 Å². The molecule has 2 aliphatic heterocycles. The van der Waals surface area contributed by atoms with Crippen LogP contribution in [0.1, 0.15) is 43.9 Å². The van der Waals surface area contributed by atoms with Crippen molar-refractivity contribution in [2.45, 2.75) is 51.4 Å². The Morgan fingerprint density at radius 2 is 1.97 bits per heavy atom. The van der Waals surface area contributed by atoms with Crippen molar-refractivity contribution in [2.24, 2.45) is 11.8 Å². The number of nitrogens with one attached hydrogen (secondary N) is 2. The summed E-state index contributed by atoms with van der Waals surface area (Å²) in [5, 5.41) is 14.9. The third-order valence-corrected chi connectivity index (χ3v) is 6.65. The molecule has 4 atom stereocenters. The van der Waals surface area contributed by atoms with Crippen molar-refractivity contribution in [1.82, 2.24) is 15.5 Å². The number of benzene rings is 2. The third kappa shape index (κ3) is 5.51. The summed E-state index contributed by atoms with van der Waals surface area (Å²) < 4.78 is 18.8. The van der Waals surface area contributed by atoms with E-state index in [0.717, 1.165) is 5.56 Å². The van der Waals surface area contributed by atoms with Crippen molar-refractivity contribution in [2.75, 3.05) is 13.2 Å². The van der Waals surface area contributed by atoms with Crippen LogP contribution in [0.4, 0.5) is 4.39 Å². The largest absolute Gasteiger partial charge is 0.491 e. The van der Waals surface area contributed by atoms with Crippen molar-refractivity contribution in [3.8, 4) is 5.75 Å². The summed E-state index contributed by atoms with van der Waals surface area (Å²) in [6, 6.07) is 10.9. The minimum atomic E-state index is -0.755. The monoisotopic (exact) mass is 497 g/mol. The Balaban J connectivity index is 1.64. The Morgan fingerprint density at radius 1 is 1.22 bits per heavy atom. The first-order valence-corrected chi connectivity index (χ1v) is 12.3. The van der Waals surface area contributed by atoms with E-state index in [-0.39, 0.29) is 55.6 Å². The van der Waals surface area contributed by atoms with Gasteiger partial charge in [-0.1, -0.05) is 38.1 Å². The maximum atomic E-state index is 13.6. The molecule has 2 saturated heterocycles. The van der Waals surface area contributed by atoms with Gasteiger partial charge in [-0.3, -0.25) is 14.4 Å². The van der Waals surface area contributed by atoms with E-state index in [0.29, 0.717) is 17.7 Å². The van der Waals surface area contributed by atoms with Crippen LogP contribution in [0.15, 0.2) is 48.5 Å².